The second-order valence-electron chi connectivity index (χ2n) is 6.17. The van der Waals surface area contributed by atoms with Gasteiger partial charge in [-0.1, -0.05) is 71.1 Å². The molecule has 0 heterocycles. The van der Waals surface area contributed by atoms with Crippen LogP contribution < -0.4 is 29.6 Å². The van der Waals surface area contributed by atoms with E-state index in [1.54, 1.807) is 0 Å². The second-order valence-corrected chi connectivity index (χ2v) is 7.74. The SMILES string of the molecule is CCCCCCCCCCCC(=O)O.[CH2-]CCCCCS(=O)(=O)O.[Na+]. The van der Waals surface area contributed by atoms with Gasteiger partial charge in [0.1, 0.15) is 0 Å². The predicted octanol–water partition coefficient (Wildman–Crippen LogP) is 2.26. The summed E-state index contributed by atoms with van der Waals surface area (Å²) in [6.07, 6.45) is 14.6. The van der Waals surface area contributed by atoms with E-state index >= 15 is 0 Å². The Morgan fingerprint density at radius 1 is 0.840 bits per heavy atom. The van der Waals surface area contributed by atoms with Crippen molar-refractivity contribution in [2.24, 2.45) is 0 Å². The van der Waals surface area contributed by atoms with Crippen molar-refractivity contribution < 1.29 is 52.4 Å². The van der Waals surface area contributed by atoms with Crippen molar-refractivity contribution >= 4 is 16.1 Å². The molecule has 0 aliphatic carbocycles. The summed E-state index contributed by atoms with van der Waals surface area (Å²) in [5.74, 6) is -0.777. The van der Waals surface area contributed by atoms with Crippen LogP contribution in [0.25, 0.3) is 0 Å². The van der Waals surface area contributed by atoms with Gasteiger partial charge < -0.3 is 12.0 Å². The Labute approximate surface area is 177 Å². The van der Waals surface area contributed by atoms with Crippen molar-refractivity contribution in [2.45, 2.75) is 96.8 Å². The summed E-state index contributed by atoms with van der Waals surface area (Å²) in [6, 6.07) is 0. The largest absolute Gasteiger partial charge is 1.00 e. The number of rotatable bonds is 15. The Hall–Kier alpha value is 0.380. The van der Waals surface area contributed by atoms with Crippen LogP contribution in [-0.2, 0) is 14.9 Å². The van der Waals surface area contributed by atoms with Crippen LogP contribution in [0.2, 0.25) is 0 Å². The molecule has 5 nitrogen and oxygen atoms in total. The van der Waals surface area contributed by atoms with E-state index in [2.05, 4.69) is 13.8 Å². The maximum Gasteiger partial charge on any atom is 1.00 e. The fourth-order valence-corrected chi connectivity index (χ4v) is 2.79. The van der Waals surface area contributed by atoms with Crippen molar-refractivity contribution in [3.8, 4) is 0 Å². The van der Waals surface area contributed by atoms with E-state index in [4.69, 9.17) is 9.66 Å². The summed E-state index contributed by atoms with van der Waals surface area (Å²) in [4.78, 5) is 10.2. The summed E-state index contributed by atoms with van der Waals surface area (Å²) in [5.41, 5.74) is 0. The maximum absolute atomic E-state index is 10.2. The molecule has 0 amide bonds. The molecule has 0 rings (SSSR count). The van der Waals surface area contributed by atoms with Crippen molar-refractivity contribution in [2.75, 3.05) is 5.75 Å². The first kappa shape index (κ1) is 30.1. The standard InChI is InChI=1S/C12H24O2.C6H13O3S.Na/c1-2-3-4-5-6-7-8-9-10-11-12(13)14;1-2-3-4-5-6-10(7,8)9;/h2-11H2,1H3,(H,13,14);1-6H2,(H,7,8,9);/q;-1;+1. The van der Waals surface area contributed by atoms with Gasteiger partial charge >= 0.3 is 35.5 Å². The number of aliphatic carboxylic acids is 1. The van der Waals surface area contributed by atoms with Gasteiger partial charge in [0.05, 0.1) is 5.75 Å². The molecule has 0 atom stereocenters. The van der Waals surface area contributed by atoms with Crippen LogP contribution in [0.3, 0.4) is 0 Å². The maximum atomic E-state index is 10.2. The minimum atomic E-state index is -3.72. The summed E-state index contributed by atoms with van der Waals surface area (Å²) >= 11 is 0. The third-order valence-electron chi connectivity index (χ3n) is 3.65. The first-order valence-corrected chi connectivity index (χ1v) is 10.9. The molecule has 0 aliphatic rings. The van der Waals surface area contributed by atoms with E-state index in [0.717, 1.165) is 32.1 Å². The van der Waals surface area contributed by atoms with Crippen molar-refractivity contribution in [1.82, 2.24) is 0 Å². The Morgan fingerprint density at radius 3 is 1.68 bits per heavy atom. The van der Waals surface area contributed by atoms with Crippen molar-refractivity contribution in [3.05, 3.63) is 6.92 Å². The fraction of sp³-hybridized carbons (Fsp3) is 0.889. The Kier molecular flexibility index (Phi) is 27.0. The number of unbranched alkanes of at least 4 members (excludes halogenated alkanes) is 11. The molecular weight excluding hydrogens is 351 g/mol. The monoisotopic (exact) mass is 388 g/mol. The number of carboxylic acid groups (broad SMARTS) is 1. The third kappa shape index (κ3) is 36.1. The zero-order valence-electron chi connectivity index (χ0n) is 16.3. The third-order valence-corrected chi connectivity index (χ3v) is 4.45. The molecule has 25 heavy (non-hydrogen) atoms. The van der Waals surface area contributed by atoms with Gasteiger partial charge in [0, 0.05) is 6.42 Å². The van der Waals surface area contributed by atoms with Crippen LogP contribution in [0.15, 0.2) is 0 Å². The average Bonchev–Trinajstić information content (AvgIpc) is 2.49. The summed E-state index contributed by atoms with van der Waals surface area (Å²) < 4.78 is 28.5. The predicted molar refractivity (Wildman–Crippen MR) is 99.7 cm³/mol. The molecule has 0 aromatic carbocycles. The van der Waals surface area contributed by atoms with Crippen molar-refractivity contribution in [1.29, 1.82) is 0 Å². The van der Waals surface area contributed by atoms with E-state index in [1.807, 2.05) is 0 Å². The molecule has 0 unspecified atom stereocenters. The first-order valence-electron chi connectivity index (χ1n) is 9.29. The van der Waals surface area contributed by atoms with Crippen LogP contribution in [0.5, 0.6) is 0 Å². The molecule has 0 aliphatic heterocycles. The van der Waals surface area contributed by atoms with Crippen LogP contribution >= 0.6 is 0 Å². The molecule has 0 bridgehead atoms. The van der Waals surface area contributed by atoms with Gasteiger partial charge in [-0.25, -0.2) is 0 Å². The van der Waals surface area contributed by atoms with E-state index < -0.39 is 16.1 Å². The minimum Gasteiger partial charge on any atom is -0.481 e. The molecular formula is C18H37NaO5S. The number of hydrogen-bond acceptors (Lipinski definition) is 3. The summed E-state index contributed by atoms with van der Waals surface area (Å²) in [5, 5.41) is 8.41. The van der Waals surface area contributed by atoms with Crippen molar-refractivity contribution in [3.63, 3.8) is 0 Å². The van der Waals surface area contributed by atoms with E-state index in [0.29, 0.717) is 12.8 Å². The van der Waals surface area contributed by atoms with E-state index in [1.165, 1.54) is 44.9 Å². The average molecular weight is 389 g/mol. The molecule has 2 N–H and O–H groups in total. The zero-order chi connectivity index (χ0) is 18.7. The van der Waals surface area contributed by atoms with Crippen LogP contribution in [0.4, 0.5) is 0 Å². The topological polar surface area (TPSA) is 91.7 Å². The van der Waals surface area contributed by atoms with Gasteiger partial charge in [0.25, 0.3) is 10.1 Å². The molecule has 0 radical (unpaired) electrons. The van der Waals surface area contributed by atoms with Gasteiger partial charge in [-0.05, 0) is 12.8 Å². The molecule has 0 saturated heterocycles. The summed E-state index contributed by atoms with van der Waals surface area (Å²) in [6.45, 7) is 5.84. The molecule has 0 saturated carbocycles. The molecule has 0 aromatic heterocycles. The van der Waals surface area contributed by atoms with E-state index in [9.17, 15) is 13.2 Å². The van der Waals surface area contributed by atoms with Crippen LogP contribution in [0.1, 0.15) is 96.8 Å². The Balaban J connectivity index is -0.000000392. The van der Waals surface area contributed by atoms with Gasteiger partial charge in [0.2, 0.25) is 0 Å². The molecule has 146 valence electrons. The smallest absolute Gasteiger partial charge is 0.481 e. The van der Waals surface area contributed by atoms with Gasteiger partial charge in [-0.15, -0.1) is 0 Å². The second kappa shape index (κ2) is 22.4. The van der Waals surface area contributed by atoms with Gasteiger partial charge in [0.15, 0.2) is 0 Å². The normalized spacial score (nSPS) is 10.5. The van der Waals surface area contributed by atoms with Crippen LogP contribution in [0, 0.1) is 6.92 Å². The fourth-order valence-electron chi connectivity index (χ4n) is 2.22. The van der Waals surface area contributed by atoms with Gasteiger partial charge in [-0.2, -0.15) is 14.8 Å². The minimum absolute atomic E-state index is 0. The Bertz CT molecular complexity index is 372. The number of hydrogen-bond donors (Lipinski definition) is 2. The number of carbonyl (C=O) groups is 1. The van der Waals surface area contributed by atoms with Crippen LogP contribution in [-0.4, -0.2) is 29.8 Å². The molecule has 7 heteroatoms. The number of carboxylic acids is 1. The van der Waals surface area contributed by atoms with Gasteiger partial charge in [-0.3, -0.25) is 9.35 Å². The van der Waals surface area contributed by atoms with E-state index in [-0.39, 0.29) is 35.3 Å². The summed E-state index contributed by atoms with van der Waals surface area (Å²) in [7, 11) is -3.72. The zero-order valence-corrected chi connectivity index (χ0v) is 19.2. The quantitative estimate of drug-likeness (QED) is 0.194. The molecule has 0 aromatic rings. The molecule has 0 fully saturated rings. The molecule has 0 spiro atoms. The Morgan fingerprint density at radius 2 is 1.28 bits per heavy atom. The first-order chi connectivity index (χ1) is 11.3.